The van der Waals surface area contributed by atoms with E-state index in [1.807, 2.05) is 24.3 Å². The Morgan fingerprint density at radius 2 is 1.87 bits per heavy atom. The van der Waals surface area contributed by atoms with Crippen LogP contribution in [-0.2, 0) is 6.61 Å². The van der Waals surface area contributed by atoms with Crippen LogP contribution in [-0.4, -0.2) is 11.0 Å². The lowest BCUT2D eigenvalue weighted by molar-refractivity contribution is 0.100. The number of rotatable bonds is 2. The Hall–Kier alpha value is -1.87. The van der Waals surface area contributed by atoms with Crippen molar-refractivity contribution in [1.82, 2.24) is 0 Å². The summed E-state index contributed by atoms with van der Waals surface area (Å²) < 4.78 is 0. The molecule has 0 heterocycles. The zero-order chi connectivity index (χ0) is 10.8. The molecular formula is C12H11NO2. The fourth-order valence-electron chi connectivity index (χ4n) is 1.55. The number of carbonyl (C=O) groups excluding carboxylic acids is 1. The number of hydrogen-bond donors (Lipinski definition) is 2. The summed E-state index contributed by atoms with van der Waals surface area (Å²) in [4.78, 5) is 11.0. The SMILES string of the molecule is NC(=O)c1ccc2ccc(CO)cc2c1. The van der Waals surface area contributed by atoms with Crippen LogP contribution in [0, 0.1) is 0 Å². The molecule has 0 aliphatic rings. The fraction of sp³-hybridized carbons (Fsp3) is 0.0833. The summed E-state index contributed by atoms with van der Waals surface area (Å²) in [5.41, 5.74) is 6.49. The number of carbonyl (C=O) groups is 1. The molecule has 3 heteroatoms. The van der Waals surface area contributed by atoms with Crippen LogP contribution in [0.5, 0.6) is 0 Å². The molecule has 0 atom stereocenters. The van der Waals surface area contributed by atoms with Gasteiger partial charge in [0.2, 0.25) is 5.91 Å². The summed E-state index contributed by atoms with van der Waals surface area (Å²) in [6.45, 7) is -0.00324. The predicted octanol–water partition coefficient (Wildman–Crippen LogP) is 1.43. The van der Waals surface area contributed by atoms with Gasteiger partial charge in [0.05, 0.1) is 6.61 Å². The molecule has 2 rings (SSSR count). The highest BCUT2D eigenvalue weighted by atomic mass is 16.3. The minimum Gasteiger partial charge on any atom is -0.392 e. The second-order valence-corrected chi connectivity index (χ2v) is 3.42. The number of primary amides is 1. The topological polar surface area (TPSA) is 63.3 Å². The monoisotopic (exact) mass is 201 g/mol. The Kier molecular flexibility index (Phi) is 2.39. The molecule has 76 valence electrons. The molecule has 15 heavy (non-hydrogen) atoms. The molecule has 0 spiro atoms. The molecule has 2 aromatic rings. The van der Waals surface area contributed by atoms with E-state index in [9.17, 15) is 4.79 Å². The number of benzene rings is 2. The van der Waals surface area contributed by atoms with Crippen LogP contribution in [0.25, 0.3) is 10.8 Å². The highest BCUT2D eigenvalue weighted by Crippen LogP contribution is 2.17. The van der Waals surface area contributed by atoms with Crippen molar-refractivity contribution < 1.29 is 9.90 Å². The average Bonchev–Trinajstić information content (AvgIpc) is 2.27. The van der Waals surface area contributed by atoms with Crippen LogP contribution >= 0.6 is 0 Å². The molecule has 0 aliphatic carbocycles. The van der Waals surface area contributed by atoms with Crippen LogP contribution in [0.15, 0.2) is 36.4 Å². The summed E-state index contributed by atoms with van der Waals surface area (Å²) >= 11 is 0. The van der Waals surface area contributed by atoms with Crippen molar-refractivity contribution in [3.8, 4) is 0 Å². The maximum Gasteiger partial charge on any atom is 0.248 e. The smallest absolute Gasteiger partial charge is 0.248 e. The van der Waals surface area contributed by atoms with Crippen LogP contribution in [0.1, 0.15) is 15.9 Å². The molecule has 0 fully saturated rings. The van der Waals surface area contributed by atoms with Crippen molar-refractivity contribution in [3.63, 3.8) is 0 Å². The van der Waals surface area contributed by atoms with Gasteiger partial charge >= 0.3 is 0 Å². The van der Waals surface area contributed by atoms with Gasteiger partial charge in [-0.25, -0.2) is 0 Å². The molecule has 0 saturated carbocycles. The summed E-state index contributed by atoms with van der Waals surface area (Å²) in [5, 5.41) is 10.9. The molecule has 0 aromatic heterocycles. The van der Waals surface area contributed by atoms with E-state index >= 15 is 0 Å². The van der Waals surface area contributed by atoms with Crippen molar-refractivity contribution in [2.45, 2.75) is 6.61 Å². The normalized spacial score (nSPS) is 10.5. The fourth-order valence-corrected chi connectivity index (χ4v) is 1.55. The molecule has 0 aliphatic heterocycles. The summed E-state index contributed by atoms with van der Waals surface area (Å²) in [6, 6.07) is 10.9. The van der Waals surface area contributed by atoms with Crippen LogP contribution in [0.3, 0.4) is 0 Å². The van der Waals surface area contributed by atoms with Crippen LogP contribution < -0.4 is 5.73 Å². The molecular weight excluding hydrogens is 190 g/mol. The summed E-state index contributed by atoms with van der Waals surface area (Å²) in [7, 11) is 0. The first-order chi connectivity index (χ1) is 7.20. The van der Waals surface area contributed by atoms with E-state index in [1.165, 1.54) is 0 Å². The van der Waals surface area contributed by atoms with E-state index in [1.54, 1.807) is 12.1 Å². The van der Waals surface area contributed by atoms with E-state index in [0.29, 0.717) is 5.56 Å². The zero-order valence-corrected chi connectivity index (χ0v) is 8.10. The van der Waals surface area contributed by atoms with Gasteiger partial charge in [-0.1, -0.05) is 18.2 Å². The summed E-state index contributed by atoms with van der Waals surface area (Å²) in [6.07, 6.45) is 0. The van der Waals surface area contributed by atoms with Crippen molar-refractivity contribution >= 4 is 16.7 Å². The number of amides is 1. The minimum atomic E-state index is -0.439. The molecule has 1 amide bonds. The van der Waals surface area contributed by atoms with Gasteiger partial charge in [-0.3, -0.25) is 4.79 Å². The number of hydrogen-bond acceptors (Lipinski definition) is 2. The standard InChI is InChI=1S/C12H11NO2/c13-12(15)10-4-3-9-2-1-8(7-14)5-11(9)6-10/h1-6,14H,7H2,(H2,13,15). The van der Waals surface area contributed by atoms with Gasteiger partial charge in [0.25, 0.3) is 0 Å². The first kappa shape index (κ1) is 9.68. The molecule has 3 N–H and O–H groups in total. The third-order valence-electron chi connectivity index (χ3n) is 2.37. The molecule has 2 aromatic carbocycles. The lowest BCUT2D eigenvalue weighted by atomic mass is 10.0. The van der Waals surface area contributed by atoms with Gasteiger partial charge in [0.15, 0.2) is 0 Å². The number of nitrogens with two attached hydrogens (primary N) is 1. The average molecular weight is 201 g/mol. The van der Waals surface area contributed by atoms with Gasteiger partial charge in [-0.05, 0) is 34.5 Å². The Morgan fingerprint density at radius 1 is 1.13 bits per heavy atom. The van der Waals surface area contributed by atoms with Gasteiger partial charge in [0.1, 0.15) is 0 Å². The maximum absolute atomic E-state index is 11.0. The molecule has 3 nitrogen and oxygen atoms in total. The highest BCUT2D eigenvalue weighted by Gasteiger charge is 2.02. The Labute approximate surface area is 87.1 Å². The predicted molar refractivity (Wildman–Crippen MR) is 58.4 cm³/mol. The van der Waals surface area contributed by atoms with E-state index in [0.717, 1.165) is 16.3 Å². The Morgan fingerprint density at radius 3 is 2.53 bits per heavy atom. The third kappa shape index (κ3) is 1.82. The highest BCUT2D eigenvalue weighted by molar-refractivity contribution is 5.97. The summed E-state index contributed by atoms with van der Waals surface area (Å²) in [5.74, 6) is -0.439. The first-order valence-corrected chi connectivity index (χ1v) is 4.64. The molecule has 0 bridgehead atoms. The van der Waals surface area contributed by atoms with Gasteiger partial charge < -0.3 is 10.8 Å². The van der Waals surface area contributed by atoms with Crippen molar-refractivity contribution in [2.24, 2.45) is 5.73 Å². The number of aliphatic hydroxyl groups excluding tert-OH is 1. The van der Waals surface area contributed by atoms with Gasteiger partial charge in [-0.2, -0.15) is 0 Å². The Balaban J connectivity index is 2.62. The van der Waals surface area contributed by atoms with Crippen LogP contribution in [0.2, 0.25) is 0 Å². The third-order valence-corrected chi connectivity index (χ3v) is 2.37. The van der Waals surface area contributed by atoms with Crippen molar-refractivity contribution in [1.29, 1.82) is 0 Å². The van der Waals surface area contributed by atoms with Crippen molar-refractivity contribution in [2.75, 3.05) is 0 Å². The van der Waals surface area contributed by atoms with Crippen molar-refractivity contribution in [3.05, 3.63) is 47.5 Å². The lowest BCUT2D eigenvalue weighted by Gasteiger charge is -2.02. The van der Waals surface area contributed by atoms with E-state index in [-0.39, 0.29) is 6.61 Å². The van der Waals surface area contributed by atoms with E-state index in [2.05, 4.69) is 0 Å². The van der Waals surface area contributed by atoms with Gasteiger partial charge in [-0.15, -0.1) is 0 Å². The van der Waals surface area contributed by atoms with Crippen LogP contribution in [0.4, 0.5) is 0 Å². The minimum absolute atomic E-state index is 0.00324. The van der Waals surface area contributed by atoms with E-state index in [4.69, 9.17) is 10.8 Å². The number of aliphatic hydroxyl groups is 1. The quantitative estimate of drug-likeness (QED) is 0.772. The second kappa shape index (κ2) is 3.71. The lowest BCUT2D eigenvalue weighted by Crippen LogP contribution is -2.10. The Bertz CT molecular complexity index is 520. The first-order valence-electron chi connectivity index (χ1n) is 4.64. The molecule has 0 unspecified atom stereocenters. The molecule has 0 radical (unpaired) electrons. The maximum atomic E-state index is 11.0. The van der Waals surface area contributed by atoms with Gasteiger partial charge in [0, 0.05) is 5.56 Å². The zero-order valence-electron chi connectivity index (χ0n) is 8.10. The van der Waals surface area contributed by atoms with E-state index < -0.39 is 5.91 Å². The number of fused-ring (bicyclic) bond motifs is 1. The molecule has 0 saturated heterocycles. The largest absolute Gasteiger partial charge is 0.392 e. The second-order valence-electron chi connectivity index (χ2n) is 3.42.